The Morgan fingerprint density at radius 2 is 1.78 bits per heavy atom. The number of anilines is 1. The van der Waals surface area contributed by atoms with Crippen molar-refractivity contribution >= 4 is 51.9 Å². The molecule has 14 heteroatoms. The molecule has 0 fully saturated rings. The molecule has 2 rings (SSSR count). The minimum Gasteiger partial charge on any atom is -0.592 e. The molecular formula is C13H7Cl3F5N3O2S. The van der Waals surface area contributed by atoms with Gasteiger partial charge in [0.05, 0.1) is 28.8 Å². The number of benzene rings is 1. The van der Waals surface area contributed by atoms with Crippen LogP contribution in [0.4, 0.5) is 27.6 Å². The lowest BCUT2D eigenvalue weighted by Crippen LogP contribution is -2.49. The largest absolute Gasteiger partial charge is 0.592 e. The second-order valence-corrected chi connectivity index (χ2v) is 7.33. The fraction of sp³-hybridized carbons (Fsp3) is 0.308. The molecule has 0 spiro atoms. The van der Waals surface area contributed by atoms with E-state index in [0.29, 0.717) is 21.6 Å². The van der Waals surface area contributed by atoms with Gasteiger partial charge in [-0.3, -0.25) is 0 Å². The highest BCUT2D eigenvalue weighted by Crippen LogP contribution is 2.47. The van der Waals surface area contributed by atoms with E-state index >= 15 is 0 Å². The highest BCUT2D eigenvalue weighted by atomic mass is 35.5. The second-order valence-electron chi connectivity index (χ2n) is 4.83. The van der Waals surface area contributed by atoms with E-state index in [1.165, 1.54) is 0 Å². The van der Waals surface area contributed by atoms with Gasteiger partial charge >= 0.3 is 11.9 Å². The summed E-state index contributed by atoms with van der Waals surface area (Å²) in [5.41, 5.74) is -1.67. The number of halogens is 8. The smallest absolute Gasteiger partial charge is 0.418 e. The zero-order chi connectivity index (χ0) is 20.7. The molecule has 1 aliphatic heterocycles. The number of alkyl halides is 5. The predicted molar refractivity (Wildman–Crippen MR) is 89.2 cm³/mol. The Balaban J connectivity index is 2.71. The summed E-state index contributed by atoms with van der Waals surface area (Å²) in [4.78, 5) is 0. The average molecular weight is 471 g/mol. The molecule has 0 saturated heterocycles. The second kappa shape index (κ2) is 8.06. The number of hydrazine groups is 1. The summed E-state index contributed by atoms with van der Waals surface area (Å²) in [5, 5.41) is 8.15. The first-order valence-corrected chi connectivity index (χ1v) is 8.93. The van der Waals surface area contributed by atoms with E-state index in [1.807, 2.05) is 0 Å². The fourth-order valence-electron chi connectivity index (χ4n) is 2.21. The zero-order valence-corrected chi connectivity index (χ0v) is 16.0. The SMILES string of the molecule is COC1=C(Cl)C(C#N)N([S+]([O-])C(F)F)N1c1c(Cl)cc(C(F)(F)F)cc1Cl. The van der Waals surface area contributed by atoms with Gasteiger partial charge in [0, 0.05) is 0 Å². The molecule has 0 bridgehead atoms. The summed E-state index contributed by atoms with van der Waals surface area (Å²) in [6, 6.07) is 0.871. The van der Waals surface area contributed by atoms with Gasteiger partial charge in [0.15, 0.2) is 0 Å². The van der Waals surface area contributed by atoms with Gasteiger partial charge in [-0.2, -0.15) is 32.2 Å². The first-order chi connectivity index (χ1) is 12.4. The molecule has 2 unspecified atom stereocenters. The molecule has 1 aromatic carbocycles. The van der Waals surface area contributed by atoms with E-state index in [4.69, 9.17) is 39.5 Å². The van der Waals surface area contributed by atoms with Crippen molar-refractivity contribution in [1.29, 1.82) is 5.26 Å². The molecular weight excluding hydrogens is 464 g/mol. The van der Waals surface area contributed by atoms with Gasteiger partial charge in [0.1, 0.15) is 22.1 Å². The lowest BCUT2D eigenvalue weighted by atomic mass is 10.2. The van der Waals surface area contributed by atoms with E-state index < -0.39 is 61.5 Å². The van der Waals surface area contributed by atoms with Crippen molar-refractivity contribution in [3.05, 3.63) is 38.7 Å². The number of nitrogens with zero attached hydrogens (tertiary/aromatic N) is 3. The Morgan fingerprint density at radius 1 is 1.26 bits per heavy atom. The minimum absolute atomic E-state index is 0.326. The van der Waals surface area contributed by atoms with Crippen molar-refractivity contribution in [2.24, 2.45) is 0 Å². The highest BCUT2D eigenvalue weighted by Gasteiger charge is 2.52. The molecule has 1 aromatic rings. The van der Waals surface area contributed by atoms with E-state index in [-0.39, 0.29) is 0 Å². The Bertz CT molecular complexity index is 794. The molecule has 0 aromatic heterocycles. The molecule has 0 amide bonds. The maximum Gasteiger partial charge on any atom is 0.418 e. The van der Waals surface area contributed by atoms with Crippen molar-refractivity contribution in [2.75, 3.05) is 12.1 Å². The molecule has 148 valence electrons. The van der Waals surface area contributed by atoms with Crippen molar-refractivity contribution in [3.8, 4) is 6.07 Å². The van der Waals surface area contributed by atoms with Gasteiger partial charge in [-0.1, -0.05) is 34.8 Å². The minimum atomic E-state index is -4.78. The topological polar surface area (TPSA) is 62.6 Å². The maximum atomic E-state index is 13.1. The first kappa shape index (κ1) is 22.1. The molecule has 27 heavy (non-hydrogen) atoms. The third-order valence-electron chi connectivity index (χ3n) is 3.26. The Labute approximate surface area is 167 Å². The number of nitriles is 1. The number of rotatable bonds is 4. The summed E-state index contributed by atoms with van der Waals surface area (Å²) in [7, 11) is 1.06. The van der Waals surface area contributed by atoms with Gasteiger partial charge in [-0.05, 0) is 16.5 Å². The van der Waals surface area contributed by atoms with Gasteiger partial charge in [-0.25, -0.2) is 0 Å². The molecule has 1 aliphatic rings. The molecule has 5 nitrogen and oxygen atoms in total. The van der Waals surface area contributed by atoms with Gasteiger partial charge < -0.3 is 9.29 Å². The van der Waals surface area contributed by atoms with Crippen LogP contribution in [0.5, 0.6) is 0 Å². The quantitative estimate of drug-likeness (QED) is 0.464. The molecule has 0 aliphatic carbocycles. The van der Waals surface area contributed by atoms with Crippen molar-refractivity contribution < 1.29 is 31.2 Å². The highest BCUT2D eigenvalue weighted by molar-refractivity contribution is 7.89. The lowest BCUT2D eigenvalue weighted by molar-refractivity contribution is -0.137. The van der Waals surface area contributed by atoms with E-state index in [9.17, 15) is 31.8 Å². The summed E-state index contributed by atoms with van der Waals surface area (Å²) in [6.45, 7) is 0. The van der Waals surface area contributed by atoms with Crippen molar-refractivity contribution in [1.82, 2.24) is 4.41 Å². The Kier molecular flexibility index (Phi) is 6.61. The molecule has 0 radical (unpaired) electrons. The van der Waals surface area contributed by atoms with Crippen LogP contribution in [0.2, 0.25) is 10.0 Å². The van der Waals surface area contributed by atoms with Crippen molar-refractivity contribution in [2.45, 2.75) is 18.0 Å². The predicted octanol–water partition coefficient (Wildman–Crippen LogP) is 4.88. The standard InChI is InChI=1S/C13H7Cl3F5N3O2S/c1-26-11-9(16)8(4-22)24(27(25)12(17)18)23(11)10-6(14)2-5(3-7(10)15)13(19,20)21/h2-3,8,12H,1H3. The number of hydrogen-bond donors (Lipinski definition) is 0. The Hall–Kier alpha value is -1.16. The summed E-state index contributed by atoms with van der Waals surface area (Å²) in [6.07, 6.45) is -4.78. The van der Waals surface area contributed by atoms with E-state index in [0.717, 1.165) is 7.11 Å². The van der Waals surface area contributed by atoms with Gasteiger partial charge in [-0.15, -0.1) is 0 Å². The summed E-state index contributed by atoms with van der Waals surface area (Å²) >= 11 is 14.6. The zero-order valence-electron chi connectivity index (χ0n) is 12.9. The maximum absolute atomic E-state index is 13.1. The van der Waals surface area contributed by atoms with Gasteiger partial charge in [0.25, 0.3) is 0 Å². The normalized spacial score (nSPS) is 19.6. The monoisotopic (exact) mass is 469 g/mol. The van der Waals surface area contributed by atoms with Crippen LogP contribution >= 0.6 is 34.8 Å². The van der Waals surface area contributed by atoms with E-state index in [2.05, 4.69) is 0 Å². The van der Waals surface area contributed by atoms with Gasteiger partial charge in [0.2, 0.25) is 11.9 Å². The van der Waals surface area contributed by atoms with Crippen LogP contribution in [0.1, 0.15) is 5.56 Å². The van der Waals surface area contributed by atoms with Crippen molar-refractivity contribution in [3.63, 3.8) is 0 Å². The summed E-state index contributed by atoms with van der Waals surface area (Å²) in [5.74, 6) is -3.89. The number of ether oxygens (including phenoxy) is 1. The van der Waals surface area contributed by atoms with Crippen LogP contribution in [0.3, 0.4) is 0 Å². The van der Waals surface area contributed by atoms with Crippen LogP contribution < -0.4 is 5.01 Å². The van der Waals surface area contributed by atoms with Crippen LogP contribution in [0, 0.1) is 11.3 Å². The third kappa shape index (κ3) is 4.01. The first-order valence-electron chi connectivity index (χ1n) is 6.63. The molecule has 0 N–H and O–H groups in total. The van der Waals surface area contributed by atoms with Crippen LogP contribution in [0.25, 0.3) is 0 Å². The van der Waals surface area contributed by atoms with E-state index in [1.54, 1.807) is 6.07 Å². The molecule has 2 atom stereocenters. The van der Waals surface area contributed by atoms with Crippen LogP contribution in [0.15, 0.2) is 23.0 Å². The molecule has 0 saturated carbocycles. The molecule has 1 heterocycles. The average Bonchev–Trinajstić information content (AvgIpc) is 2.83. The number of hydrogen-bond acceptors (Lipinski definition) is 5. The summed E-state index contributed by atoms with van der Waals surface area (Å²) < 4.78 is 82.2. The third-order valence-corrected chi connectivity index (χ3v) is 5.26. The Morgan fingerprint density at radius 3 is 2.15 bits per heavy atom. The number of methoxy groups -OCH3 is 1. The van der Waals surface area contributed by atoms with Crippen LogP contribution in [-0.4, -0.2) is 27.9 Å². The lowest BCUT2D eigenvalue weighted by Gasteiger charge is -2.32. The van der Waals surface area contributed by atoms with Crippen LogP contribution in [-0.2, 0) is 22.3 Å². The fourth-order valence-corrected chi connectivity index (χ4v) is 4.05.